The number of furan rings is 1. The summed E-state index contributed by atoms with van der Waals surface area (Å²) in [6.07, 6.45) is 0. The molecule has 0 unspecified atom stereocenters. The van der Waals surface area contributed by atoms with E-state index in [0.717, 1.165) is 61.3 Å². The Hall–Kier alpha value is -7.42. The van der Waals surface area contributed by atoms with Crippen LogP contribution in [-0.2, 0) is 5.41 Å². The second-order valence-electron chi connectivity index (χ2n) is 16.0. The Kier molecular flexibility index (Phi) is 8.20. The van der Waals surface area contributed by atoms with Gasteiger partial charge in [-0.3, -0.25) is 0 Å². The molecule has 59 heavy (non-hydrogen) atoms. The Bertz CT molecular complexity index is 3190. The summed E-state index contributed by atoms with van der Waals surface area (Å²) in [5.41, 5.74) is 19.3. The first-order chi connectivity index (χ1) is 29.1. The molecule has 0 bridgehead atoms. The number of nitrogens with zero attached hydrogens (tertiary/aromatic N) is 1. The average molecular weight is 756 g/mol. The van der Waals surface area contributed by atoms with E-state index in [0.29, 0.717) is 0 Å². The second kappa shape index (κ2) is 13.9. The molecule has 0 aliphatic heterocycles. The van der Waals surface area contributed by atoms with Gasteiger partial charge in [0.25, 0.3) is 0 Å². The van der Waals surface area contributed by atoms with Crippen molar-refractivity contribution >= 4 is 39.0 Å². The van der Waals surface area contributed by atoms with Gasteiger partial charge in [-0.15, -0.1) is 0 Å². The number of rotatable bonds is 7. The van der Waals surface area contributed by atoms with Gasteiger partial charge in [0.1, 0.15) is 11.2 Å². The van der Waals surface area contributed by atoms with E-state index >= 15 is 0 Å². The molecule has 11 rings (SSSR count). The lowest BCUT2D eigenvalue weighted by Gasteiger charge is -2.33. The zero-order chi connectivity index (χ0) is 39.5. The molecule has 2 nitrogen and oxygen atoms in total. The Labute approximate surface area is 345 Å². The Morgan fingerprint density at radius 3 is 1.61 bits per heavy atom. The predicted molar refractivity (Wildman–Crippen MR) is 248 cm³/mol. The van der Waals surface area contributed by atoms with Crippen LogP contribution in [0.5, 0.6) is 0 Å². The summed E-state index contributed by atoms with van der Waals surface area (Å²) < 4.78 is 6.75. The predicted octanol–water partition coefficient (Wildman–Crippen LogP) is 16.0. The summed E-state index contributed by atoms with van der Waals surface area (Å²) in [7, 11) is 0. The molecule has 2 heteroatoms. The Balaban J connectivity index is 1.28. The quantitative estimate of drug-likeness (QED) is 0.161. The largest absolute Gasteiger partial charge is 0.455 e. The van der Waals surface area contributed by atoms with E-state index in [1.54, 1.807) is 0 Å². The maximum atomic E-state index is 6.75. The molecule has 0 radical (unpaired) electrons. The van der Waals surface area contributed by atoms with Crippen LogP contribution in [0.3, 0.4) is 0 Å². The van der Waals surface area contributed by atoms with Crippen molar-refractivity contribution in [3.8, 4) is 55.6 Å². The van der Waals surface area contributed by atoms with Crippen molar-refractivity contribution in [1.82, 2.24) is 0 Å². The van der Waals surface area contributed by atoms with Crippen LogP contribution in [0.25, 0.3) is 77.6 Å². The molecule has 1 aliphatic carbocycles. The fourth-order valence-corrected chi connectivity index (χ4v) is 9.60. The molecule has 0 spiro atoms. The van der Waals surface area contributed by atoms with Gasteiger partial charge in [0, 0.05) is 38.4 Å². The second-order valence-corrected chi connectivity index (χ2v) is 16.0. The standard InChI is InChI=1S/C57H41NO/c1-57(2)48-32-14-11-28-47(48)55-49(57)33-19-36-52(55)58(50-34-15-12-25-42(50)45-30-17-31-46-43-26-13-16-37-53(43)59-56(45)46)51-35-18-29-41(39-22-7-4-8-23-39)54(51)44-27-10-9-24-40(44)38-20-5-3-6-21-38/h3-37H,1-2H3. The number of para-hydroxylation sites is 3. The first-order valence-electron chi connectivity index (χ1n) is 20.4. The van der Waals surface area contributed by atoms with E-state index in [2.05, 4.69) is 225 Å². The maximum Gasteiger partial charge on any atom is 0.143 e. The first-order valence-corrected chi connectivity index (χ1v) is 20.4. The topological polar surface area (TPSA) is 16.4 Å². The van der Waals surface area contributed by atoms with Crippen LogP contribution < -0.4 is 4.90 Å². The van der Waals surface area contributed by atoms with Crippen LogP contribution in [0.2, 0.25) is 0 Å². The molecule has 1 heterocycles. The number of hydrogen-bond donors (Lipinski definition) is 0. The zero-order valence-electron chi connectivity index (χ0n) is 33.1. The van der Waals surface area contributed by atoms with Crippen molar-refractivity contribution in [2.45, 2.75) is 19.3 Å². The molecule has 10 aromatic rings. The molecule has 0 N–H and O–H groups in total. The van der Waals surface area contributed by atoms with Gasteiger partial charge in [0.2, 0.25) is 0 Å². The van der Waals surface area contributed by atoms with Crippen LogP contribution in [0.4, 0.5) is 17.1 Å². The molecule has 1 aliphatic rings. The minimum Gasteiger partial charge on any atom is -0.455 e. The van der Waals surface area contributed by atoms with Crippen molar-refractivity contribution in [3.63, 3.8) is 0 Å². The van der Waals surface area contributed by atoms with E-state index in [9.17, 15) is 0 Å². The van der Waals surface area contributed by atoms with E-state index in [-0.39, 0.29) is 5.41 Å². The van der Waals surface area contributed by atoms with Crippen molar-refractivity contribution in [2.24, 2.45) is 0 Å². The van der Waals surface area contributed by atoms with Crippen molar-refractivity contribution in [1.29, 1.82) is 0 Å². The van der Waals surface area contributed by atoms with E-state index < -0.39 is 0 Å². The van der Waals surface area contributed by atoms with E-state index in [1.165, 1.54) is 44.5 Å². The lowest BCUT2D eigenvalue weighted by atomic mass is 9.82. The first kappa shape index (κ1) is 34.8. The van der Waals surface area contributed by atoms with Gasteiger partial charge in [-0.1, -0.05) is 202 Å². The summed E-state index contributed by atoms with van der Waals surface area (Å²) >= 11 is 0. The fourth-order valence-electron chi connectivity index (χ4n) is 9.60. The van der Waals surface area contributed by atoms with Gasteiger partial charge >= 0.3 is 0 Å². The summed E-state index contributed by atoms with van der Waals surface area (Å²) in [5.74, 6) is 0. The maximum absolute atomic E-state index is 6.75. The van der Waals surface area contributed by atoms with Crippen LogP contribution in [0, 0.1) is 0 Å². The number of benzene rings is 9. The van der Waals surface area contributed by atoms with Crippen LogP contribution in [-0.4, -0.2) is 0 Å². The smallest absolute Gasteiger partial charge is 0.143 e. The van der Waals surface area contributed by atoms with Crippen molar-refractivity contribution < 1.29 is 4.42 Å². The SMILES string of the molecule is CC1(C)c2ccccc2-c2c(N(c3ccccc3-c3cccc4c3oc3ccccc34)c3cccc(-c4ccccc4)c3-c3ccccc3-c3ccccc3)cccc21. The summed E-state index contributed by atoms with van der Waals surface area (Å²) in [4.78, 5) is 2.54. The third kappa shape index (κ3) is 5.56. The van der Waals surface area contributed by atoms with Crippen LogP contribution >= 0.6 is 0 Å². The van der Waals surface area contributed by atoms with Gasteiger partial charge in [-0.25, -0.2) is 0 Å². The third-order valence-electron chi connectivity index (χ3n) is 12.3. The molecular weight excluding hydrogens is 715 g/mol. The summed E-state index contributed by atoms with van der Waals surface area (Å²) in [6, 6.07) is 76.9. The minimum absolute atomic E-state index is 0.179. The summed E-state index contributed by atoms with van der Waals surface area (Å²) in [5, 5.41) is 2.23. The number of hydrogen-bond acceptors (Lipinski definition) is 2. The molecule has 0 saturated heterocycles. The molecule has 280 valence electrons. The van der Waals surface area contributed by atoms with Crippen molar-refractivity contribution in [3.05, 3.63) is 223 Å². The molecule has 0 amide bonds. The van der Waals surface area contributed by atoms with E-state index in [1.807, 2.05) is 6.07 Å². The van der Waals surface area contributed by atoms with Crippen LogP contribution in [0.1, 0.15) is 25.0 Å². The highest BCUT2D eigenvalue weighted by Crippen LogP contribution is 2.57. The highest BCUT2D eigenvalue weighted by molar-refractivity contribution is 6.12. The molecule has 0 saturated carbocycles. The lowest BCUT2D eigenvalue weighted by molar-refractivity contribution is 0.660. The van der Waals surface area contributed by atoms with Gasteiger partial charge in [-0.2, -0.15) is 0 Å². The molecule has 0 atom stereocenters. The minimum atomic E-state index is -0.179. The average Bonchev–Trinajstić information content (AvgIpc) is 3.80. The number of fused-ring (bicyclic) bond motifs is 6. The normalized spacial score (nSPS) is 12.7. The monoisotopic (exact) mass is 755 g/mol. The van der Waals surface area contributed by atoms with Gasteiger partial charge in [0.05, 0.1) is 17.1 Å². The van der Waals surface area contributed by atoms with Gasteiger partial charge in [0.15, 0.2) is 0 Å². The highest BCUT2D eigenvalue weighted by atomic mass is 16.3. The lowest BCUT2D eigenvalue weighted by Crippen LogP contribution is -2.17. The van der Waals surface area contributed by atoms with E-state index in [4.69, 9.17) is 4.42 Å². The van der Waals surface area contributed by atoms with Gasteiger partial charge < -0.3 is 9.32 Å². The zero-order valence-corrected chi connectivity index (χ0v) is 33.1. The van der Waals surface area contributed by atoms with Crippen molar-refractivity contribution in [2.75, 3.05) is 4.90 Å². The third-order valence-corrected chi connectivity index (χ3v) is 12.3. The Morgan fingerprint density at radius 2 is 0.831 bits per heavy atom. The molecular formula is C57H41NO. The number of anilines is 3. The highest BCUT2D eigenvalue weighted by Gasteiger charge is 2.38. The fraction of sp³-hybridized carbons (Fsp3) is 0.0526. The molecule has 9 aromatic carbocycles. The summed E-state index contributed by atoms with van der Waals surface area (Å²) in [6.45, 7) is 4.72. The molecule has 1 aromatic heterocycles. The molecule has 0 fully saturated rings. The Morgan fingerprint density at radius 1 is 0.339 bits per heavy atom. The van der Waals surface area contributed by atoms with Gasteiger partial charge in [-0.05, 0) is 68.8 Å². The van der Waals surface area contributed by atoms with Crippen LogP contribution in [0.15, 0.2) is 217 Å².